The lowest BCUT2D eigenvalue weighted by Crippen LogP contribution is -2.29. The van der Waals surface area contributed by atoms with E-state index in [-0.39, 0.29) is 25.2 Å². The van der Waals surface area contributed by atoms with Crippen molar-refractivity contribution in [1.82, 2.24) is 14.9 Å². The summed E-state index contributed by atoms with van der Waals surface area (Å²) in [4.78, 5) is 36.2. The highest BCUT2D eigenvalue weighted by atomic mass is 16.7. The van der Waals surface area contributed by atoms with Crippen LogP contribution in [0.15, 0.2) is 67.3 Å². The largest absolute Gasteiger partial charge is 0.454 e. The van der Waals surface area contributed by atoms with Crippen LogP contribution in [0.25, 0.3) is 21.9 Å². The minimum absolute atomic E-state index is 0.146. The van der Waals surface area contributed by atoms with Crippen LogP contribution in [0.4, 0.5) is 0 Å². The van der Waals surface area contributed by atoms with Crippen molar-refractivity contribution < 1.29 is 19.1 Å². The van der Waals surface area contributed by atoms with Gasteiger partial charge < -0.3 is 9.47 Å². The zero-order valence-electron chi connectivity index (χ0n) is 16.2. The summed E-state index contributed by atoms with van der Waals surface area (Å²) >= 11 is 0. The summed E-state index contributed by atoms with van der Waals surface area (Å²) in [5.74, 6) is 0.613. The molecule has 2 aromatic carbocycles. The van der Waals surface area contributed by atoms with E-state index in [1.807, 2.05) is 24.3 Å². The molecule has 7 nitrogen and oxygen atoms in total. The highest BCUT2D eigenvalue weighted by molar-refractivity contribution is 6.27. The van der Waals surface area contributed by atoms with Crippen LogP contribution in [0, 0.1) is 0 Å². The molecule has 0 atom stereocenters. The third kappa shape index (κ3) is 2.67. The van der Waals surface area contributed by atoms with Gasteiger partial charge in [0.15, 0.2) is 11.5 Å². The molecule has 0 radical (unpaired) electrons. The van der Waals surface area contributed by atoms with Crippen molar-refractivity contribution in [2.24, 2.45) is 0 Å². The van der Waals surface area contributed by atoms with Crippen LogP contribution < -0.4 is 9.47 Å². The van der Waals surface area contributed by atoms with Crippen LogP contribution in [0.1, 0.15) is 26.3 Å². The van der Waals surface area contributed by atoms with E-state index in [0.717, 1.165) is 21.9 Å². The average Bonchev–Trinajstić information content (AvgIpc) is 3.35. The highest BCUT2D eigenvalue weighted by Crippen LogP contribution is 2.44. The molecular weight excluding hydrogens is 394 g/mol. The summed E-state index contributed by atoms with van der Waals surface area (Å²) < 4.78 is 11.1. The molecule has 2 aromatic heterocycles. The summed E-state index contributed by atoms with van der Waals surface area (Å²) in [6, 6.07) is 12.8. The van der Waals surface area contributed by atoms with E-state index in [2.05, 4.69) is 9.97 Å². The Kier molecular flexibility index (Phi) is 3.76. The Labute approximate surface area is 176 Å². The van der Waals surface area contributed by atoms with Crippen molar-refractivity contribution in [1.29, 1.82) is 0 Å². The number of fused-ring (bicyclic) bond motifs is 3. The number of pyridine rings is 2. The van der Waals surface area contributed by atoms with Gasteiger partial charge in [-0.1, -0.05) is 0 Å². The molecule has 4 heterocycles. The number of amides is 2. The Morgan fingerprint density at radius 2 is 1.48 bits per heavy atom. The summed E-state index contributed by atoms with van der Waals surface area (Å²) in [5.41, 5.74) is 3.13. The fraction of sp³-hybridized carbons (Fsp3) is 0.0833. The number of hydrogen-bond donors (Lipinski definition) is 0. The zero-order chi connectivity index (χ0) is 20.9. The van der Waals surface area contributed by atoms with E-state index in [1.54, 1.807) is 43.0 Å². The lowest BCUT2D eigenvalue weighted by atomic mass is 9.90. The van der Waals surface area contributed by atoms with Gasteiger partial charge in [-0.25, -0.2) is 0 Å². The quantitative estimate of drug-likeness (QED) is 0.479. The summed E-state index contributed by atoms with van der Waals surface area (Å²) in [6.45, 7) is 0.331. The summed E-state index contributed by atoms with van der Waals surface area (Å²) in [6.07, 6.45) is 6.63. The van der Waals surface area contributed by atoms with Crippen LogP contribution in [0.2, 0.25) is 0 Å². The van der Waals surface area contributed by atoms with E-state index in [4.69, 9.17) is 9.47 Å². The Bertz CT molecular complexity index is 1370. The van der Waals surface area contributed by atoms with Crippen LogP contribution in [-0.4, -0.2) is 33.5 Å². The van der Waals surface area contributed by atoms with Gasteiger partial charge in [-0.15, -0.1) is 0 Å². The van der Waals surface area contributed by atoms with E-state index in [0.29, 0.717) is 28.2 Å². The number of carbonyl (C=O) groups excluding carboxylic acids is 2. The third-order valence-corrected chi connectivity index (χ3v) is 5.63. The van der Waals surface area contributed by atoms with Gasteiger partial charge in [-0.05, 0) is 64.4 Å². The van der Waals surface area contributed by atoms with Gasteiger partial charge in [0.2, 0.25) is 6.79 Å². The van der Waals surface area contributed by atoms with Gasteiger partial charge in [0.1, 0.15) is 0 Å². The van der Waals surface area contributed by atoms with Crippen molar-refractivity contribution in [2.75, 3.05) is 6.79 Å². The number of benzene rings is 2. The lowest BCUT2D eigenvalue weighted by molar-refractivity contribution is 0.0642. The lowest BCUT2D eigenvalue weighted by Gasteiger charge is -2.14. The average molecular weight is 409 g/mol. The van der Waals surface area contributed by atoms with Crippen LogP contribution in [0.3, 0.4) is 0 Å². The summed E-state index contributed by atoms with van der Waals surface area (Å²) in [5, 5.41) is 1.63. The molecule has 7 heteroatoms. The molecule has 2 amide bonds. The SMILES string of the molecule is O=C1c2cc3cc4c(cc3c(-c3ccncc3)c2C(=O)N1Cc1ccncc1)OCO4. The fourth-order valence-corrected chi connectivity index (χ4v) is 4.19. The minimum atomic E-state index is -0.316. The second kappa shape index (κ2) is 6.63. The topological polar surface area (TPSA) is 81.6 Å². The summed E-state index contributed by atoms with van der Waals surface area (Å²) in [7, 11) is 0. The van der Waals surface area contributed by atoms with Gasteiger partial charge in [0, 0.05) is 30.4 Å². The maximum atomic E-state index is 13.5. The number of nitrogens with zero attached hydrogens (tertiary/aromatic N) is 3. The van der Waals surface area contributed by atoms with Gasteiger partial charge in [0.05, 0.1) is 17.7 Å². The molecule has 0 saturated carbocycles. The van der Waals surface area contributed by atoms with Crippen LogP contribution >= 0.6 is 0 Å². The van der Waals surface area contributed by atoms with E-state index >= 15 is 0 Å². The highest BCUT2D eigenvalue weighted by Gasteiger charge is 2.39. The van der Waals surface area contributed by atoms with E-state index in [9.17, 15) is 9.59 Å². The number of imide groups is 1. The monoisotopic (exact) mass is 409 g/mol. The third-order valence-electron chi connectivity index (χ3n) is 5.63. The maximum Gasteiger partial charge on any atom is 0.262 e. The molecule has 0 fully saturated rings. The molecule has 0 N–H and O–H groups in total. The second-order valence-corrected chi connectivity index (χ2v) is 7.39. The number of aromatic nitrogens is 2. The van der Waals surface area contributed by atoms with E-state index < -0.39 is 0 Å². The second-order valence-electron chi connectivity index (χ2n) is 7.39. The van der Waals surface area contributed by atoms with Crippen molar-refractivity contribution >= 4 is 22.6 Å². The zero-order valence-corrected chi connectivity index (χ0v) is 16.2. The molecule has 31 heavy (non-hydrogen) atoms. The molecule has 2 aliphatic heterocycles. The molecule has 0 spiro atoms. The first-order chi connectivity index (χ1) is 15.2. The molecule has 6 rings (SSSR count). The van der Waals surface area contributed by atoms with Gasteiger partial charge in [0.25, 0.3) is 11.8 Å². The van der Waals surface area contributed by atoms with Crippen molar-refractivity contribution in [3.63, 3.8) is 0 Å². The Hall–Kier alpha value is -4.26. The number of carbonyl (C=O) groups is 2. The fourth-order valence-electron chi connectivity index (χ4n) is 4.19. The molecule has 150 valence electrons. The van der Waals surface area contributed by atoms with Gasteiger partial charge >= 0.3 is 0 Å². The molecule has 0 saturated heterocycles. The maximum absolute atomic E-state index is 13.5. The standard InChI is InChI=1S/C24H15N3O4/c28-23-18-9-16-10-19-20(31-13-30-19)11-17(16)21(15-3-7-26-8-4-15)22(18)24(29)27(23)12-14-1-5-25-6-2-14/h1-11H,12-13H2. The van der Waals surface area contributed by atoms with E-state index in [1.165, 1.54) is 4.90 Å². The number of rotatable bonds is 3. The van der Waals surface area contributed by atoms with Gasteiger partial charge in [-0.3, -0.25) is 24.5 Å². The van der Waals surface area contributed by atoms with Crippen molar-refractivity contribution in [2.45, 2.75) is 6.54 Å². The van der Waals surface area contributed by atoms with Crippen molar-refractivity contribution in [3.05, 3.63) is 83.9 Å². The molecule has 0 bridgehead atoms. The normalized spacial score (nSPS) is 14.4. The molecule has 4 aromatic rings. The smallest absolute Gasteiger partial charge is 0.262 e. The van der Waals surface area contributed by atoms with Crippen LogP contribution in [-0.2, 0) is 6.54 Å². The number of hydrogen-bond acceptors (Lipinski definition) is 6. The number of ether oxygens (including phenoxy) is 2. The molecule has 2 aliphatic rings. The molecule has 0 unspecified atom stereocenters. The molecule has 0 aliphatic carbocycles. The predicted octanol–water partition coefficient (Wildman–Crippen LogP) is 3.82. The minimum Gasteiger partial charge on any atom is -0.454 e. The van der Waals surface area contributed by atoms with Crippen molar-refractivity contribution in [3.8, 4) is 22.6 Å². The first kappa shape index (κ1) is 17.6. The van der Waals surface area contributed by atoms with Gasteiger partial charge in [-0.2, -0.15) is 0 Å². The Morgan fingerprint density at radius 1 is 0.806 bits per heavy atom. The predicted molar refractivity (Wildman–Crippen MR) is 112 cm³/mol. The first-order valence-corrected chi connectivity index (χ1v) is 9.76. The Morgan fingerprint density at radius 3 is 2.23 bits per heavy atom. The Balaban J connectivity index is 1.59. The molecular formula is C24H15N3O4. The first-order valence-electron chi connectivity index (χ1n) is 9.76. The van der Waals surface area contributed by atoms with Crippen LogP contribution in [0.5, 0.6) is 11.5 Å².